The molecule has 2 atom stereocenters. The number of carbonyl (C=O) groups excluding carboxylic acids is 2. The Morgan fingerprint density at radius 1 is 1.42 bits per heavy atom. The fourth-order valence-electron chi connectivity index (χ4n) is 3.21. The van der Waals surface area contributed by atoms with Crippen molar-refractivity contribution >= 4 is 17.8 Å². The minimum absolute atomic E-state index is 0.0152. The van der Waals surface area contributed by atoms with Crippen molar-refractivity contribution in [3.8, 4) is 0 Å². The van der Waals surface area contributed by atoms with E-state index < -0.39 is 5.97 Å². The average Bonchev–Trinajstić information content (AvgIpc) is 2.94. The maximum absolute atomic E-state index is 12.8. The number of aliphatic carboxylic acids is 1. The summed E-state index contributed by atoms with van der Waals surface area (Å²) < 4.78 is 1.65. The Morgan fingerprint density at radius 3 is 2.71 bits per heavy atom. The molecule has 132 valence electrons. The van der Waals surface area contributed by atoms with Crippen LogP contribution in [0.3, 0.4) is 0 Å². The summed E-state index contributed by atoms with van der Waals surface area (Å²) in [5.74, 6) is -1.26. The highest BCUT2D eigenvalue weighted by Crippen LogP contribution is 2.36. The van der Waals surface area contributed by atoms with Crippen molar-refractivity contribution in [3.05, 3.63) is 18.0 Å². The highest BCUT2D eigenvalue weighted by Gasteiger charge is 2.40. The molecule has 1 saturated heterocycles. The van der Waals surface area contributed by atoms with Crippen LogP contribution in [0, 0.1) is 5.92 Å². The summed E-state index contributed by atoms with van der Waals surface area (Å²) in [6.45, 7) is 0.388. The molecular formula is C16H24N4O4. The highest BCUT2D eigenvalue weighted by atomic mass is 16.4. The zero-order valence-electron chi connectivity index (χ0n) is 14.3. The van der Waals surface area contributed by atoms with Crippen LogP contribution in [0.15, 0.2) is 12.4 Å². The molecule has 0 bridgehead atoms. The van der Waals surface area contributed by atoms with E-state index in [9.17, 15) is 14.4 Å². The van der Waals surface area contributed by atoms with E-state index in [1.54, 1.807) is 41.8 Å². The number of carboxylic acid groups (broad SMARTS) is 1. The molecule has 0 aliphatic carbocycles. The van der Waals surface area contributed by atoms with Gasteiger partial charge in [-0.2, -0.15) is 5.10 Å². The fourth-order valence-corrected chi connectivity index (χ4v) is 3.21. The van der Waals surface area contributed by atoms with Crippen LogP contribution in [0.4, 0.5) is 0 Å². The van der Waals surface area contributed by atoms with Crippen LogP contribution in [0.25, 0.3) is 0 Å². The van der Waals surface area contributed by atoms with Gasteiger partial charge in [0.2, 0.25) is 11.8 Å². The number of hydrogen-bond donors (Lipinski definition) is 1. The van der Waals surface area contributed by atoms with Gasteiger partial charge in [-0.1, -0.05) is 0 Å². The summed E-state index contributed by atoms with van der Waals surface area (Å²) in [7, 11) is 5.19. The maximum Gasteiger partial charge on any atom is 0.303 e. The van der Waals surface area contributed by atoms with Crippen LogP contribution < -0.4 is 0 Å². The third-order valence-corrected chi connectivity index (χ3v) is 4.50. The number of nitrogens with zero attached hydrogens (tertiary/aromatic N) is 4. The zero-order valence-corrected chi connectivity index (χ0v) is 14.3. The average molecular weight is 336 g/mol. The van der Waals surface area contributed by atoms with E-state index in [4.69, 9.17) is 5.11 Å². The van der Waals surface area contributed by atoms with Gasteiger partial charge < -0.3 is 14.9 Å². The zero-order chi connectivity index (χ0) is 17.9. The lowest BCUT2D eigenvalue weighted by Gasteiger charge is -2.39. The van der Waals surface area contributed by atoms with Crippen molar-refractivity contribution in [2.24, 2.45) is 13.0 Å². The van der Waals surface area contributed by atoms with Crippen LogP contribution in [0.1, 0.15) is 37.3 Å². The van der Waals surface area contributed by atoms with E-state index in [0.717, 1.165) is 5.56 Å². The molecule has 1 N–H and O–H groups in total. The van der Waals surface area contributed by atoms with Gasteiger partial charge in [-0.25, -0.2) is 0 Å². The van der Waals surface area contributed by atoms with Gasteiger partial charge in [0.05, 0.1) is 18.2 Å². The Morgan fingerprint density at radius 2 is 2.12 bits per heavy atom. The molecule has 1 fully saturated rings. The van der Waals surface area contributed by atoms with Gasteiger partial charge in [-0.3, -0.25) is 19.1 Å². The van der Waals surface area contributed by atoms with Gasteiger partial charge >= 0.3 is 5.97 Å². The molecule has 1 aromatic rings. The molecule has 2 heterocycles. The van der Waals surface area contributed by atoms with Gasteiger partial charge in [-0.05, 0) is 12.8 Å². The molecule has 2 amide bonds. The molecule has 8 heteroatoms. The fraction of sp³-hybridized carbons (Fsp3) is 0.625. The third-order valence-electron chi connectivity index (χ3n) is 4.50. The number of amides is 2. The van der Waals surface area contributed by atoms with E-state index in [-0.39, 0.29) is 30.2 Å². The molecule has 1 aromatic heterocycles. The quantitative estimate of drug-likeness (QED) is 0.823. The Labute approximate surface area is 141 Å². The van der Waals surface area contributed by atoms with Crippen molar-refractivity contribution in [3.63, 3.8) is 0 Å². The third kappa shape index (κ3) is 3.93. The van der Waals surface area contributed by atoms with E-state index in [1.807, 2.05) is 6.20 Å². The van der Waals surface area contributed by atoms with Gasteiger partial charge in [-0.15, -0.1) is 0 Å². The van der Waals surface area contributed by atoms with Crippen molar-refractivity contribution in [1.29, 1.82) is 0 Å². The molecule has 1 aliphatic heterocycles. The summed E-state index contributed by atoms with van der Waals surface area (Å²) in [5.41, 5.74) is 0.838. The summed E-state index contributed by atoms with van der Waals surface area (Å²) in [6.07, 6.45) is 4.79. The molecule has 24 heavy (non-hydrogen) atoms. The predicted octanol–water partition coefficient (Wildman–Crippen LogP) is 0.653. The molecule has 0 unspecified atom stereocenters. The van der Waals surface area contributed by atoms with Crippen LogP contribution in [-0.2, 0) is 21.4 Å². The topological polar surface area (TPSA) is 95.7 Å². The van der Waals surface area contributed by atoms with Gasteiger partial charge in [0, 0.05) is 52.3 Å². The molecular weight excluding hydrogens is 312 g/mol. The second-order valence-electron chi connectivity index (χ2n) is 6.30. The molecule has 8 nitrogen and oxygen atoms in total. The Kier molecular flexibility index (Phi) is 5.58. The summed E-state index contributed by atoms with van der Waals surface area (Å²) in [5, 5.41) is 12.9. The number of rotatable bonds is 6. The summed E-state index contributed by atoms with van der Waals surface area (Å²) in [4.78, 5) is 38.7. The molecule has 0 spiro atoms. The Bertz CT molecular complexity index is 627. The van der Waals surface area contributed by atoms with Gasteiger partial charge in [0.15, 0.2) is 0 Å². The molecule has 0 radical (unpaired) electrons. The number of piperidine rings is 1. The lowest BCUT2D eigenvalue weighted by molar-refractivity contribution is -0.146. The largest absolute Gasteiger partial charge is 0.481 e. The van der Waals surface area contributed by atoms with Crippen LogP contribution in [0.5, 0.6) is 0 Å². The van der Waals surface area contributed by atoms with Crippen LogP contribution in [0.2, 0.25) is 0 Å². The van der Waals surface area contributed by atoms with E-state index in [2.05, 4.69) is 5.10 Å². The molecule has 0 aromatic carbocycles. The molecule has 0 saturated carbocycles. The van der Waals surface area contributed by atoms with E-state index >= 15 is 0 Å². The number of hydrogen-bond acceptors (Lipinski definition) is 4. The van der Waals surface area contributed by atoms with Crippen LogP contribution >= 0.6 is 0 Å². The Balaban J connectivity index is 2.14. The van der Waals surface area contributed by atoms with E-state index in [0.29, 0.717) is 25.8 Å². The molecule has 1 aliphatic rings. The lowest BCUT2D eigenvalue weighted by atomic mass is 9.84. The van der Waals surface area contributed by atoms with Crippen molar-refractivity contribution < 1.29 is 19.5 Å². The Hall–Kier alpha value is -2.38. The minimum Gasteiger partial charge on any atom is -0.481 e. The standard InChI is InChI=1S/C16H24N4O4/c1-18(8-4-5-14(22)23)16(24)12-6-7-13(21)20(3)15(12)11-9-17-19(2)10-11/h9-10,12,15H,4-8H2,1-3H3,(H,22,23)/t12-,15-/m0/s1. The van der Waals surface area contributed by atoms with Crippen molar-refractivity contribution in [1.82, 2.24) is 19.6 Å². The second-order valence-corrected chi connectivity index (χ2v) is 6.30. The van der Waals surface area contributed by atoms with Gasteiger partial charge in [0.1, 0.15) is 0 Å². The van der Waals surface area contributed by atoms with Crippen molar-refractivity contribution in [2.45, 2.75) is 31.7 Å². The molecule has 2 rings (SSSR count). The summed E-state index contributed by atoms with van der Waals surface area (Å²) in [6, 6.07) is -0.339. The van der Waals surface area contributed by atoms with Gasteiger partial charge in [0.25, 0.3) is 0 Å². The first kappa shape index (κ1) is 18.0. The number of carboxylic acids is 1. The van der Waals surface area contributed by atoms with Crippen molar-refractivity contribution in [2.75, 3.05) is 20.6 Å². The number of carbonyl (C=O) groups is 3. The summed E-state index contributed by atoms with van der Waals surface area (Å²) >= 11 is 0. The predicted molar refractivity (Wildman–Crippen MR) is 85.9 cm³/mol. The smallest absolute Gasteiger partial charge is 0.303 e. The van der Waals surface area contributed by atoms with E-state index in [1.165, 1.54) is 0 Å². The number of likely N-dealkylation sites (tertiary alicyclic amines) is 1. The monoisotopic (exact) mass is 336 g/mol. The lowest BCUT2D eigenvalue weighted by Crippen LogP contribution is -2.46. The van der Waals surface area contributed by atoms with Crippen LogP contribution in [-0.4, -0.2) is 63.1 Å². The minimum atomic E-state index is -0.868. The first-order valence-electron chi connectivity index (χ1n) is 8.02. The normalized spacial score (nSPS) is 21.0. The second kappa shape index (κ2) is 7.46. The highest BCUT2D eigenvalue weighted by molar-refractivity contribution is 5.84. The first-order valence-corrected chi connectivity index (χ1v) is 8.02. The number of aromatic nitrogens is 2. The SMILES string of the molecule is CN(CCCC(=O)O)C(=O)[C@H]1CCC(=O)N(C)[C@H]1c1cnn(C)c1. The first-order chi connectivity index (χ1) is 11.3. The number of aryl methyl sites for hydroxylation is 1. The maximum atomic E-state index is 12.8.